The summed E-state index contributed by atoms with van der Waals surface area (Å²) < 4.78 is 57.1. The summed E-state index contributed by atoms with van der Waals surface area (Å²) in [5, 5.41) is 9.09. The second kappa shape index (κ2) is 6.54. The Morgan fingerprint density at radius 2 is 2.04 bits per heavy atom. The van der Waals surface area contributed by atoms with Crippen molar-refractivity contribution in [3.05, 3.63) is 41.5 Å². The molecule has 3 rings (SSSR count). The number of carboxylic acids is 1. The van der Waals surface area contributed by atoms with Crippen LogP contribution in [0.25, 0.3) is 11.3 Å². The average Bonchev–Trinajstić information content (AvgIpc) is 3.40. The minimum atomic E-state index is -4.72. The molecular formula is C17H14F4N2O3. The number of aromatic carboxylic acids is 1. The number of alkyl halides is 3. The van der Waals surface area contributed by atoms with Crippen LogP contribution in [0.15, 0.2) is 24.4 Å². The van der Waals surface area contributed by atoms with Crippen LogP contribution in [0.4, 0.5) is 17.6 Å². The summed E-state index contributed by atoms with van der Waals surface area (Å²) in [6, 6.07) is 3.83. The number of rotatable bonds is 5. The molecule has 2 heterocycles. The molecule has 0 radical (unpaired) electrons. The first kappa shape index (κ1) is 18.1. The van der Waals surface area contributed by atoms with Crippen LogP contribution in [0.2, 0.25) is 0 Å². The molecule has 1 N–H and O–H groups in total. The van der Waals surface area contributed by atoms with Crippen molar-refractivity contribution < 1.29 is 32.2 Å². The fraction of sp³-hybridized carbons (Fsp3) is 0.353. The highest BCUT2D eigenvalue weighted by Gasteiger charge is 2.39. The predicted octanol–water partition coefficient (Wildman–Crippen LogP) is 4.19. The Labute approximate surface area is 145 Å². The van der Waals surface area contributed by atoms with E-state index in [0.29, 0.717) is 18.9 Å². The molecule has 0 bridgehead atoms. The van der Waals surface area contributed by atoms with E-state index in [0.717, 1.165) is 18.5 Å². The molecule has 1 aliphatic rings. The molecule has 1 fully saturated rings. The van der Waals surface area contributed by atoms with Crippen molar-refractivity contribution in [2.24, 2.45) is 0 Å². The number of nitrogens with zero attached hydrogens (tertiary/aromatic N) is 2. The van der Waals surface area contributed by atoms with Crippen LogP contribution >= 0.6 is 0 Å². The molecular weight excluding hydrogens is 356 g/mol. The number of ether oxygens (including phenoxy) is 1. The SMILES string of the molecule is C[C@H](Oc1nc(-c2ccc(C3CC3)nc2)c(F)cc1C(=O)O)C(F)(F)F. The second-order valence-electron chi connectivity index (χ2n) is 6.02. The monoisotopic (exact) mass is 370 g/mol. The highest BCUT2D eigenvalue weighted by Crippen LogP contribution is 2.39. The molecule has 26 heavy (non-hydrogen) atoms. The van der Waals surface area contributed by atoms with Crippen molar-refractivity contribution in [1.29, 1.82) is 0 Å². The Kier molecular flexibility index (Phi) is 4.55. The molecule has 5 nitrogen and oxygen atoms in total. The first-order chi connectivity index (χ1) is 12.2. The zero-order valence-corrected chi connectivity index (χ0v) is 13.5. The summed E-state index contributed by atoms with van der Waals surface area (Å²) in [5.74, 6) is -3.06. The van der Waals surface area contributed by atoms with Gasteiger partial charge in [0.05, 0.1) is 0 Å². The zero-order chi connectivity index (χ0) is 19.1. The Morgan fingerprint density at radius 1 is 1.35 bits per heavy atom. The van der Waals surface area contributed by atoms with E-state index in [4.69, 9.17) is 5.11 Å². The fourth-order valence-electron chi connectivity index (χ4n) is 2.32. The van der Waals surface area contributed by atoms with Crippen molar-refractivity contribution in [3.8, 4) is 17.1 Å². The number of carboxylic acid groups (broad SMARTS) is 1. The Hall–Kier alpha value is -2.71. The number of aromatic nitrogens is 2. The maximum atomic E-state index is 14.3. The molecule has 0 amide bonds. The maximum Gasteiger partial charge on any atom is 0.425 e. The van der Waals surface area contributed by atoms with E-state index >= 15 is 0 Å². The van der Waals surface area contributed by atoms with Gasteiger partial charge < -0.3 is 9.84 Å². The maximum absolute atomic E-state index is 14.3. The molecule has 0 saturated heterocycles. The fourth-order valence-corrected chi connectivity index (χ4v) is 2.32. The van der Waals surface area contributed by atoms with Crippen molar-refractivity contribution in [2.45, 2.75) is 38.0 Å². The van der Waals surface area contributed by atoms with Crippen LogP contribution in [0, 0.1) is 5.82 Å². The predicted molar refractivity (Wildman–Crippen MR) is 82.5 cm³/mol. The number of hydrogen-bond acceptors (Lipinski definition) is 4. The van der Waals surface area contributed by atoms with Gasteiger partial charge in [-0.1, -0.05) is 0 Å². The van der Waals surface area contributed by atoms with Gasteiger partial charge in [0.25, 0.3) is 0 Å². The summed E-state index contributed by atoms with van der Waals surface area (Å²) in [6.07, 6.45) is -3.61. The van der Waals surface area contributed by atoms with E-state index in [1.807, 2.05) is 0 Å². The number of halogens is 4. The van der Waals surface area contributed by atoms with Crippen LogP contribution in [0.3, 0.4) is 0 Å². The Balaban J connectivity index is 1.99. The van der Waals surface area contributed by atoms with Gasteiger partial charge in [-0.2, -0.15) is 13.2 Å². The van der Waals surface area contributed by atoms with Gasteiger partial charge in [0.1, 0.15) is 11.3 Å². The Morgan fingerprint density at radius 3 is 2.54 bits per heavy atom. The minimum Gasteiger partial charge on any atom is -0.477 e. The molecule has 2 aromatic rings. The smallest absolute Gasteiger partial charge is 0.425 e. The lowest BCUT2D eigenvalue weighted by Crippen LogP contribution is -2.32. The van der Waals surface area contributed by atoms with Crippen molar-refractivity contribution in [1.82, 2.24) is 9.97 Å². The molecule has 2 aromatic heterocycles. The largest absolute Gasteiger partial charge is 0.477 e. The van der Waals surface area contributed by atoms with Crippen LogP contribution < -0.4 is 4.74 Å². The van der Waals surface area contributed by atoms with Gasteiger partial charge in [-0.05, 0) is 38.0 Å². The van der Waals surface area contributed by atoms with E-state index in [1.54, 1.807) is 12.1 Å². The molecule has 0 unspecified atom stereocenters. The first-order valence-electron chi connectivity index (χ1n) is 7.80. The van der Waals surface area contributed by atoms with E-state index in [9.17, 15) is 22.4 Å². The second-order valence-corrected chi connectivity index (χ2v) is 6.02. The van der Waals surface area contributed by atoms with Crippen LogP contribution in [0.1, 0.15) is 41.7 Å². The molecule has 9 heteroatoms. The van der Waals surface area contributed by atoms with Crippen LogP contribution in [0.5, 0.6) is 5.88 Å². The van der Waals surface area contributed by atoms with Gasteiger partial charge in [-0.15, -0.1) is 0 Å². The third kappa shape index (κ3) is 3.76. The standard InChI is InChI=1S/C17H14F4N2O3/c1-8(17(19,20)21)26-15-11(16(24)25)6-12(18)14(23-15)10-4-5-13(22-7-10)9-2-3-9/h4-9H,2-3H2,1H3,(H,24,25)/t8-/m0/s1. The van der Waals surface area contributed by atoms with E-state index in [-0.39, 0.29) is 11.3 Å². The quantitative estimate of drug-likeness (QED) is 0.799. The average molecular weight is 370 g/mol. The topological polar surface area (TPSA) is 72.3 Å². The van der Waals surface area contributed by atoms with Gasteiger partial charge in [0.2, 0.25) is 5.88 Å². The summed E-state index contributed by atoms with van der Waals surface area (Å²) in [6.45, 7) is 0.711. The van der Waals surface area contributed by atoms with E-state index < -0.39 is 35.5 Å². The third-order valence-electron chi connectivity index (χ3n) is 3.98. The van der Waals surface area contributed by atoms with E-state index in [1.165, 1.54) is 6.20 Å². The van der Waals surface area contributed by atoms with Crippen molar-refractivity contribution >= 4 is 5.97 Å². The highest BCUT2D eigenvalue weighted by molar-refractivity contribution is 5.90. The normalized spacial score (nSPS) is 15.6. The van der Waals surface area contributed by atoms with Gasteiger partial charge in [0, 0.05) is 23.4 Å². The molecule has 0 aromatic carbocycles. The summed E-state index contributed by atoms with van der Waals surface area (Å²) in [4.78, 5) is 19.1. The number of hydrogen-bond donors (Lipinski definition) is 1. The first-order valence-corrected chi connectivity index (χ1v) is 7.80. The number of carbonyl (C=O) groups is 1. The van der Waals surface area contributed by atoms with Gasteiger partial charge in [-0.3, -0.25) is 4.98 Å². The molecule has 1 atom stereocenters. The zero-order valence-electron chi connectivity index (χ0n) is 13.5. The molecule has 0 spiro atoms. The summed E-state index contributed by atoms with van der Waals surface area (Å²) in [7, 11) is 0. The van der Waals surface area contributed by atoms with Crippen LogP contribution in [-0.4, -0.2) is 33.3 Å². The lowest BCUT2D eigenvalue weighted by molar-refractivity contribution is -0.190. The third-order valence-corrected chi connectivity index (χ3v) is 3.98. The molecule has 138 valence electrons. The number of pyridine rings is 2. The van der Waals surface area contributed by atoms with Crippen LogP contribution in [-0.2, 0) is 0 Å². The van der Waals surface area contributed by atoms with E-state index in [2.05, 4.69) is 14.7 Å². The Bertz CT molecular complexity index is 833. The van der Waals surface area contributed by atoms with Crippen molar-refractivity contribution in [3.63, 3.8) is 0 Å². The van der Waals surface area contributed by atoms with Gasteiger partial charge in [0.15, 0.2) is 11.9 Å². The molecule has 1 saturated carbocycles. The highest BCUT2D eigenvalue weighted by atomic mass is 19.4. The lowest BCUT2D eigenvalue weighted by Gasteiger charge is -2.18. The minimum absolute atomic E-state index is 0.216. The van der Waals surface area contributed by atoms with Gasteiger partial charge >= 0.3 is 12.1 Å². The lowest BCUT2D eigenvalue weighted by atomic mass is 10.1. The van der Waals surface area contributed by atoms with Crippen molar-refractivity contribution in [2.75, 3.05) is 0 Å². The summed E-state index contributed by atoms with van der Waals surface area (Å²) in [5.41, 5.74) is -0.0500. The van der Waals surface area contributed by atoms with Gasteiger partial charge in [-0.25, -0.2) is 14.2 Å². The molecule has 0 aliphatic heterocycles. The summed E-state index contributed by atoms with van der Waals surface area (Å²) >= 11 is 0. The molecule has 1 aliphatic carbocycles.